The van der Waals surface area contributed by atoms with E-state index in [1.54, 1.807) is 6.08 Å². The Balaban J connectivity index is 3.08. The van der Waals surface area contributed by atoms with E-state index in [4.69, 9.17) is 12.2 Å². The zero-order valence-electron chi connectivity index (χ0n) is 11.9. The molecule has 1 rings (SSSR count). The fourth-order valence-electron chi connectivity index (χ4n) is 2.11. The summed E-state index contributed by atoms with van der Waals surface area (Å²) in [5, 5.41) is 11.4. The van der Waals surface area contributed by atoms with E-state index in [1.165, 1.54) is 0 Å². The van der Waals surface area contributed by atoms with Crippen molar-refractivity contribution in [3.05, 3.63) is 58.7 Å². The van der Waals surface area contributed by atoms with Gasteiger partial charge in [-0.1, -0.05) is 48.6 Å². The normalized spacial score (nSPS) is 13.3. The first-order valence-corrected chi connectivity index (χ1v) is 6.87. The summed E-state index contributed by atoms with van der Waals surface area (Å²) in [5.74, 6) is -0.237. The second-order valence-corrected chi connectivity index (χ2v) is 5.36. The summed E-state index contributed by atoms with van der Waals surface area (Å²) in [5.41, 5.74) is 0.945. The minimum atomic E-state index is -0.701. The lowest BCUT2D eigenvalue weighted by Gasteiger charge is -2.23. The van der Waals surface area contributed by atoms with E-state index >= 15 is 0 Å². The molecule has 0 aliphatic carbocycles. The zero-order valence-corrected chi connectivity index (χ0v) is 12.7. The number of thiocarbonyl (C=S) groups is 1. The Labute approximate surface area is 125 Å². The predicted octanol–water partition coefficient (Wildman–Crippen LogP) is 3.27. The molecule has 0 saturated heterocycles. The summed E-state index contributed by atoms with van der Waals surface area (Å²) in [4.78, 5) is 13.7. The Morgan fingerprint density at radius 1 is 1.45 bits per heavy atom. The van der Waals surface area contributed by atoms with Crippen molar-refractivity contribution in [1.82, 2.24) is 4.90 Å². The number of benzene rings is 1. The summed E-state index contributed by atoms with van der Waals surface area (Å²) >= 11 is 5.32. The molecule has 0 radical (unpaired) electrons. The third kappa shape index (κ3) is 4.42. The van der Waals surface area contributed by atoms with Gasteiger partial charge in [-0.2, -0.15) is 0 Å². The van der Waals surface area contributed by atoms with E-state index in [1.807, 2.05) is 49.3 Å². The van der Waals surface area contributed by atoms with Crippen LogP contribution < -0.4 is 0 Å². The van der Waals surface area contributed by atoms with Gasteiger partial charge < -0.3 is 4.90 Å². The first-order chi connectivity index (χ1) is 9.47. The number of hydrogen-bond donors (Lipinski definition) is 0. The van der Waals surface area contributed by atoms with E-state index in [0.29, 0.717) is 12.8 Å². The molecule has 0 amide bonds. The minimum absolute atomic E-state index is 0.225. The van der Waals surface area contributed by atoms with Gasteiger partial charge >= 0.3 is 0 Å². The second kappa shape index (κ2) is 7.75. The van der Waals surface area contributed by atoms with Gasteiger partial charge in [-0.3, -0.25) is 10.1 Å². The van der Waals surface area contributed by atoms with E-state index in [-0.39, 0.29) is 10.8 Å². The number of hydrogen-bond acceptors (Lipinski definition) is 3. The molecule has 108 valence electrons. The van der Waals surface area contributed by atoms with Crippen LogP contribution in [0, 0.1) is 10.1 Å². The summed E-state index contributed by atoms with van der Waals surface area (Å²) in [6.07, 6.45) is 2.43. The third-order valence-electron chi connectivity index (χ3n) is 3.26. The number of nitro groups is 1. The summed E-state index contributed by atoms with van der Waals surface area (Å²) in [6, 6.07) is 8.83. The Hall–Kier alpha value is -1.75. The van der Waals surface area contributed by atoms with Crippen LogP contribution >= 0.6 is 12.2 Å². The molecule has 0 N–H and O–H groups in total. The highest BCUT2D eigenvalue weighted by Crippen LogP contribution is 2.28. The van der Waals surface area contributed by atoms with Crippen molar-refractivity contribution >= 4 is 17.2 Å². The van der Waals surface area contributed by atoms with Gasteiger partial charge in [0.15, 0.2) is 0 Å². The van der Waals surface area contributed by atoms with Gasteiger partial charge in [0, 0.05) is 31.9 Å². The first-order valence-electron chi connectivity index (χ1n) is 6.46. The van der Waals surface area contributed by atoms with Crippen molar-refractivity contribution < 1.29 is 4.92 Å². The molecule has 0 saturated carbocycles. The molecule has 0 spiro atoms. The van der Waals surface area contributed by atoms with Gasteiger partial charge in [0.1, 0.15) is 0 Å². The van der Waals surface area contributed by atoms with Gasteiger partial charge in [0.05, 0.1) is 10.9 Å². The molecule has 20 heavy (non-hydrogen) atoms. The summed E-state index contributed by atoms with van der Waals surface area (Å²) in [6.45, 7) is 3.63. The van der Waals surface area contributed by atoms with Crippen LogP contribution in [0.3, 0.4) is 0 Å². The largest absolute Gasteiger partial charge is 0.372 e. The van der Waals surface area contributed by atoms with Crippen molar-refractivity contribution in [2.75, 3.05) is 14.1 Å². The lowest BCUT2D eigenvalue weighted by Crippen LogP contribution is -2.31. The Kier molecular flexibility index (Phi) is 6.31. The van der Waals surface area contributed by atoms with E-state index in [9.17, 15) is 10.1 Å². The maximum atomic E-state index is 11.4. The van der Waals surface area contributed by atoms with E-state index < -0.39 is 6.04 Å². The van der Waals surface area contributed by atoms with Gasteiger partial charge in [-0.25, -0.2) is 0 Å². The van der Waals surface area contributed by atoms with Crippen LogP contribution in [0.15, 0.2) is 43.0 Å². The SMILES string of the molecule is C=CC[C@@H]([C@H](CC(=S)N(C)C)c1ccccc1)[N+](=O)[O-]. The molecule has 0 heterocycles. The van der Waals surface area contributed by atoms with Crippen molar-refractivity contribution in [3.8, 4) is 0 Å². The molecule has 0 aliphatic rings. The highest BCUT2D eigenvalue weighted by Gasteiger charge is 2.32. The van der Waals surface area contributed by atoms with Gasteiger partial charge in [0.25, 0.3) is 0 Å². The smallest absolute Gasteiger partial charge is 0.223 e. The second-order valence-electron chi connectivity index (χ2n) is 4.89. The van der Waals surface area contributed by atoms with Gasteiger partial charge in [0.2, 0.25) is 6.04 Å². The van der Waals surface area contributed by atoms with E-state index in [0.717, 1.165) is 10.6 Å². The molecule has 0 aromatic heterocycles. The maximum absolute atomic E-state index is 11.4. The molecule has 5 heteroatoms. The van der Waals surface area contributed by atoms with Crippen LogP contribution in [0.2, 0.25) is 0 Å². The fraction of sp³-hybridized carbons (Fsp3) is 0.400. The molecule has 0 bridgehead atoms. The lowest BCUT2D eigenvalue weighted by molar-refractivity contribution is -0.525. The molecular weight excluding hydrogens is 272 g/mol. The Morgan fingerprint density at radius 2 is 2.05 bits per heavy atom. The standard InChI is InChI=1S/C15H20N2O2S/c1-4-8-14(17(18)19)13(11-15(20)16(2)3)12-9-6-5-7-10-12/h4-7,9-10,13-14H,1,8,11H2,2-3H3/t13-,14+/m1/s1. The first kappa shape index (κ1) is 16.3. The highest BCUT2D eigenvalue weighted by molar-refractivity contribution is 7.80. The highest BCUT2D eigenvalue weighted by atomic mass is 32.1. The number of rotatable bonds is 7. The molecule has 2 atom stereocenters. The molecule has 4 nitrogen and oxygen atoms in total. The van der Waals surface area contributed by atoms with E-state index in [2.05, 4.69) is 6.58 Å². The number of nitrogens with zero attached hydrogens (tertiary/aromatic N) is 2. The van der Waals surface area contributed by atoms with Gasteiger partial charge in [-0.15, -0.1) is 6.58 Å². The Bertz CT molecular complexity index is 474. The summed E-state index contributed by atoms with van der Waals surface area (Å²) < 4.78 is 0. The van der Waals surface area contributed by atoms with Crippen LogP contribution in [-0.4, -0.2) is 34.9 Å². The third-order valence-corrected chi connectivity index (χ3v) is 3.80. The van der Waals surface area contributed by atoms with Crippen molar-refractivity contribution in [2.24, 2.45) is 0 Å². The average Bonchev–Trinajstić information content (AvgIpc) is 2.43. The monoisotopic (exact) mass is 292 g/mol. The fourth-order valence-corrected chi connectivity index (χ4v) is 2.29. The zero-order chi connectivity index (χ0) is 15.1. The molecule has 0 unspecified atom stereocenters. The average molecular weight is 292 g/mol. The summed E-state index contributed by atoms with van der Waals surface area (Å²) in [7, 11) is 3.72. The molecule has 1 aromatic rings. The molecule has 0 aliphatic heterocycles. The minimum Gasteiger partial charge on any atom is -0.372 e. The predicted molar refractivity (Wildman–Crippen MR) is 85.7 cm³/mol. The van der Waals surface area contributed by atoms with Crippen LogP contribution in [0.5, 0.6) is 0 Å². The van der Waals surface area contributed by atoms with Crippen molar-refractivity contribution in [3.63, 3.8) is 0 Å². The van der Waals surface area contributed by atoms with Crippen LogP contribution in [0.25, 0.3) is 0 Å². The molecule has 0 fully saturated rings. The molecule has 1 aromatic carbocycles. The van der Waals surface area contributed by atoms with Crippen molar-refractivity contribution in [1.29, 1.82) is 0 Å². The lowest BCUT2D eigenvalue weighted by atomic mass is 9.87. The maximum Gasteiger partial charge on any atom is 0.223 e. The van der Waals surface area contributed by atoms with Crippen LogP contribution in [0.4, 0.5) is 0 Å². The van der Waals surface area contributed by atoms with Gasteiger partial charge in [-0.05, 0) is 5.56 Å². The van der Waals surface area contributed by atoms with Crippen LogP contribution in [0.1, 0.15) is 24.3 Å². The molecular formula is C15H20N2O2S. The quantitative estimate of drug-likeness (QED) is 0.335. The topological polar surface area (TPSA) is 46.4 Å². The Morgan fingerprint density at radius 3 is 2.50 bits per heavy atom. The van der Waals surface area contributed by atoms with Crippen LogP contribution in [-0.2, 0) is 0 Å². The van der Waals surface area contributed by atoms with Crippen molar-refractivity contribution in [2.45, 2.75) is 24.8 Å².